The topological polar surface area (TPSA) is 103 Å². The van der Waals surface area contributed by atoms with Gasteiger partial charge in [-0.15, -0.1) is 0 Å². The van der Waals surface area contributed by atoms with Crippen LogP contribution in [0.3, 0.4) is 0 Å². The number of rotatable bonds is 5. The Morgan fingerprint density at radius 2 is 1.54 bits per heavy atom. The third-order valence-corrected chi connectivity index (χ3v) is 6.54. The normalized spacial score (nSPS) is 15.1. The summed E-state index contributed by atoms with van der Waals surface area (Å²) < 4.78 is 20.5. The van der Waals surface area contributed by atoms with Gasteiger partial charge in [-0.1, -0.05) is 12.1 Å². The summed E-state index contributed by atoms with van der Waals surface area (Å²) in [4.78, 5) is 41.9. The molecule has 0 spiro atoms. The Balaban J connectivity index is 1.74. The first-order valence-corrected chi connectivity index (χ1v) is 11.2. The average Bonchev–Trinajstić information content (AvgIpc) is 2.89. The largest absolute Gasteiger partial charge is 0.465 e. The van der Waals surface area contributed by atoms with Crippen LogP contribution in [0.25, 0.3) is 0 Å². The molecule has 184 valence electrons. The van der Waals surface area contributed by atoms with E-state index in [2.05, 4.69) is 9.80 Å². The van der Waals surface area contributed by atoms with Crippen LogP contribution < -0.4 is 21.9 Å². The SMILES string of the molecule is COC(=O)c1ccc([C@H](c2c(N)n(C)c(=O)n(C)c2=O)N2CCN(c3ccc(F)cc3)CC2)cc1. The Hall–Kier alpha value is -3.92. The molecule has 0 amide bonds. The molecular weight excluding hydrogens is 453 g/mol. The number of methoxy groups -OCH3 is 1. The lowest BCUT2D eigenvalue weighted by molar-refractivity contribution is 0.0600. The number of benzene rings is 2. The molecule has 0 radical (unpaired) electrons. The first-order valence-electron chi connectivity index (χ1n) is 11.2. The van der Waals surface area contributed by atoms with Gasteiger partial charge in [0, 0.05) is 46.0 Å². The highest BCUT2D eigenvalue weighted by Crippen LogP contribution is 2.31. The second-order valence-electron chi connectivity index (χ2n) is 8.52. The van der Waals surface area contributed by atoms with Crippen molar-refractivity contribution in [3.8, 4) is 0 Å². The van der Waals surface area contributed by atoms with Crippen molar-refractivity contribution in [1.29, 1.82) is 0 Å². The van der Waals surface area contributed by atoms with Gasteiger partial charge < -0.3 is 15.4 Å². The number of aromatic nitrogens is 2. The van der Waals surface area contributed by atoms with Gasteiger partial charge in [0.25, 0.3) is 5.56 Å². The van der Waals surface area contributed by atoms with Crippen molar-refractivity contribution >= 4 is 17.5 Å². The van der Waals surface area contributed by atoms with Gasteiger partial charge >= 0.3 is 11.7 Å². The lowest BCUT2D eigenvalue weighted by atomic mass is 9.96. The zero-order valence-electron chi connectivity index (χ0n) is 19.9. The van der Waals surface area contributed by atoms with Crippen LogP contribution in [0.2, 0.25) is 0 Å². The van der Waals surface area contributed by atoms with Gasteiger partial charge in [0.2, 0.25) is 0 Å². The number of esters is 1. The number of nitrogens with zero attached hydrogens (tertiary/aromatic N) is 4. The van der Waals surface area contributed by atoms with E-state index in [1.807, 2.05) is 0 Å². The highest BCUT2D eigenvalue weighted by Gasteiger charge is 2.32. The molecule has 1 aromatic heterocycles. The minimum atomic E-state index is -0.539. The number of carbonyl (C=O) groups is 1. The summed E-state index contributed by atoms with van der Waals surface area (Å²) in [5, 5.41) is 0. The number of hydrogen-bond acceptors (Lipinski definition) is 7. The van der Waals surface area contributed by atoms with Crippen molar-refractivity contribution in [2.45, 2.75) is 6.04 Å². The average molecular weight is 482 g/mol. The van der Waals surface area contributed by atoms with Crippen molar-refractivity contribution in [2.24, 2.45) is 14.1 Å². The van der Waals surface area contributed by atoms with Gasteiger partial charge in [0.1, 0.15) is 11.6 Å². The number of halogens is 1. The lowest BCUT2D eigenvalue weighted by Crippen LogP contribution is -2.50. The van der Waals surface area contributed by atoms with Gasteiger partial charge in [-0.3, -0.25) is 18.8 Å². The summed E-state index contributed by atoms with van der Waals surface area (Å²) in [6, 6.07) is 12.6. The maximum Gasteiger partial charge on any atom is 0.337 e. The monoisotopic (exact) mass is 481 g/mol. The number of nitrogens with two attached hydrogens (primary N) is 1. The number of carbonyl (C=O) groups excluding carboxylic acids is 1. The number of ether oxygens (including phenoxy) is 1. The van der Waals surface area contributed by atoms with E-state index in [9.17, 15) is 18.8 Å². The minimum absolute atomic E-state index is 0.0982. The fourth-order valence-corrected chi connectivity index (χ4v) is 4.51. The summed E-state index contributed by atoms with van der Waals surface area (Å²) in [6.45, 7) is 2.47. The molecule has 1 fully saturated rings. The van der Waals surface area contributed by atoms with Crippen LogP contribution in [0.15, 0.2) is 58.1 Å². The lowest BCUT2D eigenvalue weighted by Gasteiger charge is -2.40. The number of hydrogen-bond donors (Lipinski definition) is 1. The Morgan fingerprint density at radius 1 is 0.943 bits per heavy atom. The Morgan fingerprint density at radius 3 is 2.11 bits per heavy atom. The van der Waals surface area contributed by atoms with E-state index in [0.717, 1.165) is 15.8 Å². The van der Waals surface area contributed by atoms with Crippen LogP contribution in [0, 0.1) is 5.82 Å². The fourth-order valence-electron chi connectivity index (χ4n) is 4.51. The molecule has 0 aliphatic carbocycles. The first kappa shape index (κ1) is 24.2. The second kappa shape index (κ2) is 9.75. The third-order valence-electron chi connectivity index (χ3n) is 6.54. The van der Waals surface area contributed by atoms with Crippen molar-refractivity contribution in [2.75, 3.05) is 43.9 Å². The summed E-state index contributed by atoms with van der Waals surface area (Å²) in [5.74, 6) is -0.650. The summed E-state index contributed by atoms with van der Waals surface area (Å²) in [6.07, 6.45) is 0. The van der Waals surface area contributed by atoms with Crippen molar-refractivity contribution in [1.82, 2.24) is 14.0 Å². The van der Waals surface area contributed by atoms with E-state index in [-0.39, 0.29) is 11.6 Å². The van der Waals surface area contributed by atoms with Gasteiger partial charge in [0.05, 0.1) is 24.3 Å². The number of anilines is 2. The molecule has 0 bridgehead atoms. The van der Waals surface area contributed by atoms with Crippen LogP contribution in [0.1, 0.15) is 27.5 Å². The Kier molecular flexibility index (Phi) is 6.74. The van der Waals surface area contributed by atoms with E-state index in [1.54, 1.807) is 36.4 Å². The van der Waals surface area contributed by atoms with E-state index < -0.39 is 23.3 Å². The molecule has 4 rings (SSSR count). The predicted molar refractivity (Wildman–Crippen MR) is 131 cm³/mol. The standard InChI is InChI=1S/C25H28FN5O4/c1-28-22(27)20(23(32)29(2)25(28)34)21(16-4-6-17(7-5-16)24(33)35-3)31-14-12-30(13-15-31)19-10-8-18(26)9-11-19/h4-11,21H,12-15,27H2,1-3H3/t21-/m1/s1. The van der Waals surface area contributed by atoms with Crippen LogP contribution >= 0.6 is 0 Å². The molecule has 2 aromatic carbocycles. The Bertz CT molecular complexity index is 1340. The molecule has 9 nitrogen and oxygen atoms in total. The number of piperazine rings is 1. The molecule has 3 aromatic rings. The van der Waals surface area contributed by atoms with Crippen molar-refractivity contribution in [3.63, 3.8) is 0 Å². The highest BCUT2D eigenvalue weighted by atomic mass is 19.1. The Labute approximate surface area is 201 Å². The zero-order chi connectivity index (χ0) is 25.3. The third kappa shape index (κ3) is 4.57. The van der Waals surface area contributed by atoms with Crippen molar-refractivity contribution < 1.29 is 13.9 Å². The minimum Gasteiger partial charge on any atom is -0.465 e. The predicted octanol–water partition coefficient (Wildman–Crippen LogP) is 1.50. The van der Waals surface area contributed by atoms with Gasteiger partial charge in [0.15, 0.2) is 0 Å². The highest BCUT2D eigenvalue weighted by molar-refractivity contribution is 5.89. The second-order valence-corrected chi connectivity index (χ2v) is 8.52. The summed E-state index contributed by atoms with van der Waals surface area (Å²) in [5.41, 5.74) is 7.73. The molecule has 0 saturated carbocycles. The molecule has 1 atom stereocenters. The number of nitrogen functional groups attached to an aromatic ring is 1. The quantitative estimate of drug-likeness (QED) is 0.551. The van der Waals surface area contributed by atoms with Crippen LogP contribution in [0.5, 0.6) is 0 Å². The first-order chi connectivity index (χ1) is 16.7. The van der Waals surface area contributed by atoms with E-state index >= 15 is 0 Å². The summed E-state index contributed by atoms with van der Waals surface area (Å²) in [7, 11) is 4.27. The maximum atomic E-state index is 13.3. The van der Waals surface area contributed by atoms with Gasteiger partial charge in [-0.05, 0) is 42.0 Å². The molecule has 2 heterocycles. The summed E-state index contributed by atoms with van der Waals surface area (Å²) >= 11 is 0. The molecule has 10 heteroatoms. The fraction of sp³-hybridized carbons (Fsp3) is 0.320. The zero-order valence-corrected chi connectivity index (χ0v) is 19.9. The van der Waals surface area contributed by atoms with E-state index in [0.29, 0.717) is 37.3 Å². The van der Waals surface area contributed by atoms with E-state index in [1.165, 1.54) is 37.9 Å². The van der Waals surface area contributed by atoms with Crippen LogP contribution in [0.4, 0.5) is 15.9 Å². The smallest absolute Gasteiger partial charge is 0.337 e. The maximum absolute atomic E-state index is 13.3. The molecule has 1 saturated heterocycles. The molecular formula is C25H28FN5O4. The molecule has 35 heavy (non-hydrogen) atoms. The molecule has 1 aliphatic rings. The van der Waals surface area contributed by atoms with Crippen LogP contribution in [-0.2, 0) is 18.8 Å². The van der Waals surface area contributed by atoms with E-state index in [4.69, 9.17) is 10.5 Å². The van der Waals surface area contributed by atoms with Gasteiger partial charge in [-0.25, -0.2) is 14.0 Å². The van der Waals surface area contributed by atoms with Gasteiger partial charge in [-0.2, -0.15) is 0 Å². The molecule has 1 aliphatic heterocycles. The molecule has 2 N–H and O–H groups in total. The van der Waals surface area contributed by atoms with Crippen LogP contribution in [-0.4, -0.2) is 53.3 Å². The molecule has 0 unspecified atom stereocenters. The van der Waals surface area contributed by atoms with Crippen molar-refractivity contribution in [3.05, 3.63) is 91.9 Å².